The number of carbonyl (C=O) groups is 2. The van der Waals surface area contributed by atoms with Gasteiger partial charge in [-0.1, -0.05) is 0 Å². The molecule has 0 aromatic heterocycles. The smallest absolute Gasteiger partial charge is 0.228 e. The van der Waals surface area contributed by atoms with E-state index in [2.05, 4.69) is 5.32 Å². The first-order chi connectivity index (χ1) is 11.6. The van der Waals surface area contributed by atoms with Gasteiger partial charge in [-0.25, -0.2) is 0 Å². The van der Waals surface area contributed by atoms with Crippen molar-refractivity contribution in [2.24, 2.45) is 11.8 Å². The van der Waals surface area contributed by atoms with Crippen molar-refractivity contribution in [1.29, 1.82) is 0 Å². The third-order valence-corrected chi connectivity index (χ3v) is 4.43. The highest BCUT2D eigenvalue weighted by molar-refractivity contribution is 6.00. The van der Waals surface area contributed by atoms with Crippen molar-refractivity contribution in [2.45, 2.75) is 6.42 Å². The Morgan fingerprint density at radius 1 is 1.17 bits per heavy atom. The zero-order chi connectivity index (χ0) is 17.1. The molecular weight excluding hydrogens is 312 g/mol. The molecule has 24 heavy (non-hydrogen) atoms. The van der Waals surface area contributed by atoms with Crippen LogP contribution in [0.4, 0.5) is 5.69 Å². The fraction of sp³-hybridized carbons (Fsp3) is 0.529. The Kier molecular flexibility index (Phi) is 4.89. The Morgan fingerprint density at radius 2 is 1.92 bits per heavy atom. The topological polar surface area (TPSA) is 77.1 Å². The lowest BCUT2D eigenvalue weighted by atomic mass is 10.2. The molecule has 2 atom stereocenters. The summed E-state index contributed by atoms with van der Waals surface area (Å²) in [7, 11) is 3.10. The summed E-state index contributed by atoms with van der Waals surface area (Å²) >= 11 is 0. The van der Waals surface area contributed by atoms with E-state index in [1.807, 2.05) is 0 Å². The first-order valence-corrected chi connectivity index (χ1v) is 8.03. The summed E-state index contributed by atoms with van der Waals surface area (Å²) in [6, 6.07) is 5.19. The molecule has 1 aromatic rings. The molecule has 2 amide bonds. The number of ether oxygens (including phenoxy) is 3. The van der Waals surface area contributed by atoms with Crippen molar-refractivity contribution in [1.82, 2.24) is 4.90 Å². The zero-order valence-electron chi connectivity index (χ0n) is 13.9. The Balaban J connectivity index is 1.59. The third-order valence-electron chi connectivity index (χ3n) is 4.43. The first kappa shape index (κ1) is 16.6. The molecule has 0 bridgehead atoms. The van der Waals surface area contributed by atoms with E-state index in [1.54, 1.807) is 30.2 Å². The SMILES string of the molecule is COc1ccc(NC(=O)C2CC2C(=O)N2CCOCC2)c(OC)c1. The summed E-state index contributed by atoms with van der Waals surface area (Å²) < 4.78 is 15.7. The van der Waals surface area contributed by atoms with Crippen LogP contribution in [-0.4, -0.2) is 57.2 Å². The van der Waals surface area contributed by atoms with Gasteiger partial charge in [0.2, 0.25) is 11.8 Å². The van der Waals surface area contributed by atoms with Gasteiger partial charge in [-0.05, 0) is 18.6 Å². The Bertz CT molecular complexity index is 627. The normalized spacial score (nSPS) is 22.7. The van der Waals surface area contributed by atoms with E-state index >= 15 is 0 Å². The lowest BCUT2D eigenvalue weighted by Gasteiger charge is -2.27. The summed E-state index contributed by atoms with van der Waals surface area (Å²) in [6.07, 6.45) is 0.598. The molecule has 130 valence electrons. The molecule has 1 saturated heterocycles. The van der Waals surface area contributed by atoms with Crippen LogP contribution >= 0.6 is 0 Å². The van der Waals surface area contributed by atoms with Gasteiger partial charge in [-0.2, -0.15) is 0 Å². The third kappa shape index (κ3) is 3.46. The predicted molar refractivity (Wildman–Crippen MR) is 87.2 cm³/mol. The number of hydrogen-bond donors (Lipinski definition) is 1. The minimum atomic E-state index is -0.271. The molecule has 3 rings (SSSR count). The van der Waals surface area contributed by atoms with E-state index in [-0.39, 0.29) is 23.7 Å². The van der Waals surface area contributed by atoms with E-state index in [0.717, 1.165) is 0 Å². The molecule has 1 aromatic carbocycles. The molecule has 0 radical (unpaired) electrons. The minimum Gasteiger partial charge on any atom is -0.497 e. The maximum absolute atomic E-state index is 12.4. The number of amides is 2. The average Bonchev–Trinajstić information content (AvgIpc) is 3.43. The maximum atomic E-state index is 12.4. The van der Waals surface area contributed by atoms with Gasteiger partial charge in [0.15, 0.2) is 0 Å². The number of hydrogen-bond acceptors (Lipinski definition) is 5. The van der Waals surface area contributed by atoms with Crippen LogP contribution in [0.1, 0.15) is 6.42 Å². The number of nitrogens with one attached hydrogen (secondary N) is 1. The first-order valence-electron chi connectivity index (χ1n) is 8.03. The molecule has 1 heterocycles. The minimum absolute atomic E-state index is 0.0557. The van der Waals surface area contributed by atoms with E-state index in [1.165, 1.54) is 7.11 Å². The van der Waals surface area contributed by atoms with Gasteiger partial charge in [0.1, 0.15) is 11.5 Å². The highest BCUT2D eigenvalue weighted by Gasteiger charge is 2.49. The molecule has 7 heteroatoms. The van der Waals surface area contributed by atoms with Crippen molar-refractivity contribution >= 4 is 17.5 Å². The zero-order valence-corrected chi connectivity index (χ0v) is 13.9. The second-order valence-corrected chi connectivity index (χ2v) is 5.94. The van der Waals surface area contributed by atoms with E-state index < -0.39 is 0 Å². The summed E-state index contributed by atoms with van der Waals surface area (Å²) in [5.74, 6) is 0.598. The number of methoxy groups -OCH3 is 2. The van der Waals surface area contributed by atoms with Gasteiger partial charge in [-0.3, -0.25) is 9.59 Å². The summed E-state index contributed by atoms with van der Waals surface area (Å²) in [5, 5.41) is 2.85. The highest BCUT2D eigenvalue weighted by atomic mass is 16.5. The second kappa shape index (κ2) is 7.09. The van der Waals surface area contributed by atoms with Gasteiger partial charge < -0.3 is 24.4 Å². The Labute approximate surface area is 140 Å². The van der Waals surface area contributed by atoms with Crippen LogP contribution in [0.3, 0.4) is 0 Å². The molecule has 1 aliphatic carbocycles. The van der Waals surface area contributed by atoms with Crippen LogP contribution in [0, 0.1) is 11.8 Å². The second-order valence-electron chi connectivity index (χ2n) is 5.94. The standard InChI is InChI=1S/C17H22N2O5/c1-22-11-3-4-14(15(9-11)23-2)18-16(20)12-10-13(12)17(21)19-5-7-24-8-6-19/h3-4,9,12-13H,5-8,10H2,1-2H3,(H,18,20). The molecule has 1 saturated carbocycles. The fourth-order valence-corrected chi connectivity index (χ4v) is 2.90. The monoisotopic (exact) mass is 334 g/mol. The van der Waals surface area contributed by atoms with Crippen molar-refractivity contribution in [2.75, 3.05) is 45.8 Å². The van der Waals surface area contributed by atoms with Crippen molar-refractivity contribution in [3.05, 3.63) is 18.2 Å². The predicted octanol–water partition coefficient (Wildman–Crippen LogP) is 1.14. The van der Waals surface area contributed by atoms with Crippen LogP contribution in [0.15, 0.2) is 18.2 Å². The number of rotatable bonds is 5. The van der Waals surface area contributed by atoms with E-state index in [4.69, 9.17) is 14.2 Å². The van der Waals surface area contributed by atoms with E-state index in [0.29, 0.717) is 49.9 Å². The lowest BCUT2D eigenvalue weighted by Crippen LogP contribution is -2.42. The molecule has 2 aliphatic rings. The van der Waals surface area contributed by atoms with Crippen LogP contribution in [0.2, 0.25) is 0 Å². The molecule has 1 N–H and O–H groups in total. The van der Waals surface area contributed by atoms with Crippen LogP contribution in [0.25, 0.3) is 0 Å². The Morgan fingerprint density at radius 3 is 2.58 bits per heavy atom. The summed E-state index contributed by atoms with van der Waals surface area (Å²) in [6.45, 7) is 2.35. The largest absolute Gasteiger partial charge is 0.497 e. The highest BCUT2D eigenvalue weighted by Crippen LogP contribution is 2.41. The van der Waals surface area contributed by atoms with Crippen LogP contribution in [0.5, 0.6) is 11.5 Å². The van der Waals surface area contributed by atoms with Crippen molar-refractivity contribution in [3.63, 3.8) is 0 Å². The van der Waals surface area contributed by atoms with Gasteiger partial charge in [0, 0.05) is 19.2 Å². The van der Waals surface area contributed by atoms with Crippen LogP contribution in [-0.2, 0) is 14.3 Å². The maximum Gasteiger partial charge on any atom is 0.228 e. The number of benzene rings is 1. The molecule has 1 aliphatic heterocycles. The molecular formula is C17H22N2O5. The molecule has 0 spiro atoms. The summed E-state index contributed by atoms with van der Waals surface area (Å²) in [4.78, 5) is 26.6. The molecule has 7 nitrogen and oxygen atoms in total. The number of morpholine rings is 1. The molecule has 2 unspecified atom stereocenters. The summed E-state index contributed by atoms with van der Waals surface area (Å²) in [5.41, 5.74) is 0.577. The van der Waals surface area contributed by atoms with Gasteiger partial charge >= 0.3 is 0 Å². The average molecular weight is 334 g/mol. The quantitative estimate of drug-likeness (QED) is 0.874. The van der Waals surface area contributed by atoms with Crippen molar-refractivity contribution in [3.8, 4) is 11.5 Å². The Hall–Kier alpha value is -2.28. The van der Waals surface area contributed by atoms with Gasteiger partial charge in [0.25, 0.3) is 0 Å². The van der Waals surface area contributed by atoms with E-state index in [9.17, 15) is 9.59 Å². The molecule has 2 fully saturated rings. The van der Waals surface area contributed by atoms with Gasteiger partial charge in [-0.15, -0.1) is 0 Å². The lowest BCUT2D eigenvalue weighted by molar-refractivity contribution is -0.137. The fourth-order valence-electron chi connectivity index (χ4n) is 2.90. The van der Waals surface area contributed by atoms with Crippen LogP contribution < -0.4 is 14.8 Å². The number of nitrogens with zero attached hydrogens (tertiary/aromatic N) is 1. The van der Waals surface area contributed by atoms with Gasteiger partial charge in [0.05, 0.1) is 45.0 Å². The number of anilines is 1. The van der Waals surface area contributed by atoms with Crippen molar-refractivity contribution < 1.29 is 23.8 Å². The number of carbonyl (C=O) groups excluding carboxylic acids is 2.